The molecule has 2 N–H and O–H groups in total. The normalized spacial score (nSPS) is 21.8. The Bertz CT molecular complexity index is 1580. The van der Waals surface area contributed by atoms with Gasteiger partial charge in [0.05, 0.1) is 20.4 Å². The van der Waals surface area contributed by atoms with Gasteiger partial charge in [-0.05, 0) is 84.4 Å². The molecular formula is C35H43BrCl2N6O6. The number of halogens is 3. The van der Waals surface area contributed by atoms with Crippen molar-refractivity contribution in [1.82, 2.24) is 24.5 Å². The van der Waals surface area contributed by atoms with Crippen molar-refractivity contribution in [1.29, 1.82) is 0 Å². The maximum absolute atomic E-state index is 14.2. The zero-order valence-electron chi connectivity index (χ0n) is 28.0. The zero-order valence-corrected chi connectivity index (χ0v) is 31.1. The van der Waals surface area contributed by atoms with Crippen LogP contribution in [0.4, 0.5) is 15.3 Å². The molecule has 2 aromatic carbocycles. The molecule has 0 bridgehead atoms. The molecule has 0 aromatic heterocycles. The molecule has 2 unspecified atom stereocenters. The molecule has 2 aromatic rings. The molecule has 50 heavy (non-hydrogen) atoms. The molecule has 4 amide bonds. The minimum absolute atomic E-state index is 0.0129. The van der Waals surface area contributed by atoms with Crippen molar-refractivity contribution in [2.75, 3.05) is 58.2 Å². The second-order valence-electron chi connectivity index (χ2n) is 13.7. The van der Waals surface area contributed by atoms with Crippen LogP contribution in [0.2, 0.25) is 10.0 Å². The van der Waals surface area contributed by atoms with E-state index in [4.69, 9.17) is 27.9 Å². The number of benzene rings is 2. The van der Waals surface area contributed by atoms with Crippen LogP contribution < -0.4 is 5.32 Å². The van der Waals surface area contributed by atoms with Crippen LogP contribution >= 0.6 is 39.1 Å². The molecule has 270 valence electrons. The van der Waals surface area contributed by atoms with Gasteiger partial charge in [0, 0.05) is 76.5 Å². The van der Waals surface area contributed by atoms with Gasteiger partial charge < -0.3 is 34.8 Å². The summed E-state index contributed by atoms with van der Waals surface area (Å²) in [6, 6.07) is 11.3. The number of ether oxygens (including phenoxy) is 1. The number of hydrogen-bond donors (Lipinski definition) is 2. The van der Waals surface area contributed by atoms with Crippen molar-refractivity contribution in [2.24, 2.45) is 5.92 Å². The number of amides is 4. The van der Waals surface area contributed by atoms with Crippen LogP contribution in [-0.4, -0.2) is 125 Å². The van der Waals surface area contributed by atoms with Crippen molar-refractivity contribution >= 4 is 68.8 Å². The maximum Gasteiger partial charge on any atom is 0.507 e. The first-order valence-electron chi connectivity index (χ1n) is 17.2. The predicted molar refractivity (Wildman–Crippen MR) is 193 cm³/mol. The summed E-state index contributed by atoms with van der Waals surface area (Å²) >= 11 is 16.2. The van der Waals surface area contributed by atoms with Crippen LogP contribution in [0.5, 0.6) is 0 Å². The van der Waals surface area contributed by atoms with Crippen LogP contribution in [0.25, 0.3) is 0 Å². The highest BCUT2D eigenvalue weighted by Gasteiger charge is 2.38. The van der Waals surface area contributed by atoms with E-state index in [1.807, 2.05) is 46.0 Å². The Kier molecular flexibility index (Phi) is 11.8. The van der Waals surface area contributed by atoms with E-state index in [-0.39, 0.29) is 36.3 Å². The molecule has 0 spiro atoms. The topological polar surface area (TPSA) is 126 Å². The lowest BCUT2D eigenvalue weighted by molar-refractivity contribution is -0.144. The third-order valence-electron chi connectivity index (χ3n) is 10.5. The molecule has 4 aliphatic heterocycles. The van der Waals surface area contributed by atoms with Crippen molar-refractivity contribution in [3.05, 3.63) is 62.0 Å². The first kappa shape index (κ1) is 36.7. The Morgan fingerprint density at radius 3 is 2.28 bits per heavy atom. The van der Waals surface area contributed by atoms with Crippen molar-refractivity contribution in [2.45, 2.75) is 63.4 Å². The lowest BCUT2D eigenvalue weighted by Gasteiger charge is -2.45. The molecule has 4 aliphatic rings. The van der Waals surface area contributed by atoms with Gasteiger partial charge in [0.15, 0.2) is 6.23 Å². The Hall–Kier alpha value is -3.10. The summed E-state index contributed by atoms with van der Waals surface area (Å²) in [5.74, 6) is -0.811. The zero-order chi connectivity index (χ0) is 35.5. The molecule has 15 heteroatoms. The number of carbonyl (C=O) groups is 4. The second-order valence-corrected chi connectivity index (χ2v) is 15.3. The lowest BCUT2D eigenvalue weighted by atomic mass is 9.92. The number of carboxylic acid groups (broad SMARTS) is 1. The number of nitrogens with one attached hydrogen (secondary N) is 1. The first-order valence-corrected chi connectivity index (χ1v) is 18.7. The first-order chi connectivity index (χ1) is 24.0. The summed E-state index contributed by atoms with van der Waals surface area (Å²) in [4.78, 5) is 62.0. The van der Waals surface area contributed by atoms with E-state index >= 15 is 0 Å². The molecule has 3 saturated heterocycles. The number of likely N-dealkylation sites (tertiary alicyclic amines) is 2. The van der Waals surface area contributed by atoms with E-state index in [0.717, 1.165) is 23.4 Å². The van der Waals surface area contributed by atoms with Gasteiger partial charge in [-0.15, -0.1) is 0 Å². The van der Waals surface area contributed by atoms with E-state index in [9.17, 15) is 24.3 Å². The van der Waals surface area contributed by atoms with E-state index in [1.165, 1.54) is 0 Å². The van der Waals surface area contributed by atoms with Gasteiger partial charge >= 0.3 is 12.2 Å². The highest BCUT2D eigenvalue weighted by atomic mass is 79.9. The van der Waals surface area contributed by atoms with E-state index in [1.54, 1.807) is 12.1 Å². The van der Waals surface area contributed by atoms with Gasteiger partial charge in [-0.25, -0.2) is 9.59 Å². The number of rotatable bonds is 8. The number of carbonyl (C=O) groups excluding carboxylic acids is 3. The van der Waals surface area contributed by atoms with Crippen LogP contribution in [0.1, 0.15) is 43.2 Å². The van der Waals surface area contributed by atoms with Crippen molar-refractivity contribution in [3.63, 3.8) is 0 Å². The number of urea groups is 1. The molecular weight excluding hydrogens is 751 g/mol. The molecule has 0 saturated carbocycles. The number of nitrogens with zero attached hydrogens (tertiary/aromatic N) is 5. The standard InChI is InChI=1S/C35H43BrCl2N6O6/c1-40-14-15-43(31(21-40)50-35(48)49)25-8-12-42(13-9-25)33(46)24(16-22-17-27(37)32(36)28(38)18-22)19-30(45)41-10-6-26(7-11-41)44-20-23-4-2-3-5-29(23)39-34(44)47/h2-5,17-18,24-26,31H,6-16,19-21H2,1H3,(H,39,47)(H,48,49). The highest BCUT2D eigenvalue weighted by molar-refractivity contribution is 9.10. The average Bonchev–Trinajstić information content (AvgIpc) is 3.09. The van der Waals surface area contributed by atoms with Crippen molar-refractivity contribution in [3.8, 4) is 0 Å². The number of piperazine rings is 1. The predicted octanol–water partition coefficient (Wildman–Crippen LogP) is 5.60. The fourth-order valence-corrected chi connectivity index (χ4v) is 8.51. The van der Waals surface area contributed by atoms with Gasteiger partial charge in [0.2, 0.25) is 11.8 Å². The lowest BCUT2D eigenvalue weighted by Crippen LogP contribution is -2.59. The van der Waals surface area contributed by atoms with E-state index in [0.29, 0.717) is 92.4 Å². The van der Waals surface area contributed by atoms with Crippen LogP contribution in [0, 0.1) is 5.92 Å². The van der Waals surface area contributed by atoms with E-state index in [2.05, 4.69) is 31.0 Å². The molecule has 3 fully saturated rings. The summed E-state index contributed by atoms with van der Waals surface area (Å²) in [5, 5.41) is 13.2. The van der Waals surface area contributed by atoms with Gasteiger partial charge in [-0.3, -0.25) is 14.5 Å². The van der Waals surface area contributed by atoms with Gasteiger partial charge in [-0.2, -0.15) is 0 Å². The molecule has 6 rings (SSSR count). The number of likely N-dealkylation sites (N-methyl/N-ethyl adjacent to an activating group) is 1. The smallest absolute Gasteiger partial charge is 0.450 e. The molecule has 12 nitrogen and oxygen atoms in total. The van der Waals surface area contributed by atoms with Crippen LogP contribution in [0.3, 0.4) is 0 Å². The number of para-hydroxylation sites is 1. The minimum Gasteiger partial charge on any atom is -0.450 e. The summed E-state index contributed by atoms with van der Waals surface area (Å²) in [5.41, 5.74) is 2.68. The van der Waals surface area contributed by atoms with Crippen LogP contribution in [0.15, 0.2) is 40.9 Å². The van der Waals surface area contributed by atoms with Gasteiger partial charge in [0.1, 0.15) is 0 Å². The largest absolute Gasteiger partial charge is 0.507 e. The molecule has 2 atom stereocenters. The fraction of sp³-hybridized carbons (Fsp3) is 0.543. The minimum atomic E-state index is -1.30. The van der Waals surface area contributed by atoms with E-state index < -0.39 is 18.3 Å². The Balaban J connectivity index is 1.10. The number of fused-ring (bicyclic) bond motifs is 1. The Morgan fingerprint density at radius 1 is 0.960 bits per heavy atom. The summed E-state index contributed by atoms with van der Waals surface area (Å²) in [6.45, 7) is 4.50. The summed E-state index contributed by atoms with van der Waals surface area (Å²) in [7, 11) is 1.94. The second kappa shape index (κ2) is 16.1. The molecule has 0 radical (unpaired) electrons. The highest BCUT2D eigenvalue weighted by Crippen LogP contribution is 2.34. The van der Waals surface area contributed by atoms with Crippen molar-refractivity contribution < 1.29 is 29.0 Å². The number of hydrogen-bond acceptors (Lipinski definition) is 7. The summed E-state index contributed by atoms with van der Waals surface area (Å²) in [6.07, 6.45) is 1.15. The SMILES string of the molecule is CN1CCN(C2CCN(C(=O)C(CC(=O)N3CCC(N4Cc5ccccc5NC4=O)CC3)Cc3cc(Cl)c(Br)c(Cl)c3)CC2)C(OC(=O)O)C1. The Morgan fingerprint density at radius 2 is 1.60 bits per heavy atom. The fourth-order valence-electron chi connectivity index (χ4n) is 7.75. The van der Waals surface area contributed by atoms with Crippen LogP contribution in [-0.2, 0) is 27.3 Å². The maximum atomic E-state index is 14.2. The third-order valence-corrected chi connectivity index (χ3v) is 12.4. The summed E-state index contributed by atoms with van der Waals surface area (Å²) < 4.78 is 5.80. The van der Waals surface area contributed by atoms with Gasteiger partial charge in [-0.1, -0.05) is 41.4 Å². The molecule has 4 heterocycles. The van der Waals surface area contributed by atoms with Gasteiger partial charge in [0.25, 0.3) is 0 Å². The molecule has 0 aliphatic carbocycles. The quantitative estimate of drug-likeness (QED) is 0.262. The average molecular weight is 795 g/mol. The monoisotopic (exact) mass is 792 g/mol. The number of piperidine rings is 2. The third kappa shape index (κ3) is 8.50. The number of anilines is 1. The Labute approximate surface area is 310 Å².